The number of benzene rings is 2. The lowest BCUT2D eigenvalue weighted by molar-refractivity contribution is -0.385. The van der Waals surface area contributed by atoms with Gasteiger partial charge in [-0.3, -0.25) is 39.4 Å². The summed E-state index contributed by atoms with van der Waals surface area (Å²) in [6.07, 6.45) is 4.15. The van der Waals surface area contributed by atoms with Crippen molar-refractivity contribution < 1.29 is 29.0 Å². The van der Waals surface area contributed by atoms with E-state index in [4.69, 9.17) is 0 Å². The normalized spacial score (nSPS) is 18.8. The Morgan fingerprint density at radius 2 is 1.43 bits per heavy atom. The summed E-state index contributed by atoms with van der Waals surface area (Å²) < 4.78 is 0. The number of ketones is 1. The van der Waals surface area contributed by atoms with E-state index in [-0.39, 0.29) is 22.5 Å². The van der Waals surface area contributed by atoms with E-state index in [1.54, 1.807) is 12.2 Å². The van der Waals surface area contributed by atoms with Gasteiger partial charge in [0.25, 0.3) is 29.1 Å². The highest BCUT2D eigenvalue weighted by atomic mass is 16.6. The highest BCUT2D eigenvalue weighted by molar-refractivity contribution is 6.09. The molecule has 12 nitrogen and oxygen atoms in total. The van der Waals surface area contributed by atoms with Crippen LogP contribution in [-0.2, 0) is 9.59 Å². The van der Waals surface area contributed by atoms with E-state index in [9.17, 15) is 39.4 Å². The van der Waals surface area contributed by atoms with E-state index in [1.807, 2.05) is 0 Å². The average Bonchev–Trinajstić information content (AvgIpc) is 3.12. The average molecular weight is 478 g/mol. The highest BCUT2D eigenvalue weighted by Gasteiger charge is 2.51. The van der Waals surface area contributed by atoms with Crippen LogP contribution >= 0.6 is 0 Å². The van der Waals surface area contributed by atoms with Gasteiger partial charge in [0.05, 0.1) is 21.7 Å². The molecule has 0 radical (unpaired) electrons. The molecule has 1 saturated heterocycles. The smallest absolute Gasteiger partial charge is 0.273 e. The monoisotopic (exact) mass is 478 g/mol. The minimum atomic E-state index is -0.947. The first kappa shape index (κ1) is 23.4. The number of allylic oxidation sites excluding steroid dienone is 2. The first-order valence-electron chi connectivity index (χ1n) is 10.6. The number of fused-ring (bicyclic) bond motifs is 1. The number of rotatable bonds is 7. The number of imide groups is 1. The summed E-state index contributed by atoms with van der Waals surface area (Å²) >= 11 is 0. The molecular formula is C23H18N4O8. The summed E-state index contributed by atoms with van der Waals surface area (Å²) in [5, 5.41) is 23.4. The SMILES string of the molecule is O=C(CN(C(=O)c1cccc([N+](=O)[O-])c1)N1C(=O)[C@H]2CC=CC[C@H]2C1=O)c1ccc([N+](=O)[O-])cc1. The van der Waals surface area contributed by atoms with Gasteiger partial charge in [0, 0.05) is 35.4 Å². The maximum Gasteiger partial charge on any atom is 0.273 e. The van der Waals surface area contributed by atoms with Crippen molar-refractivity contribution in [1.29, 1.82) is 0 Å². The van der Waals surface area contributed by atoms with E-state index in [1.165, 1.54) is 30.3 Å². The van der Waals surface area contributed by atoms with Crippen LogP contribution in [0.1, 0.15) is 33.6 Å². The van der Waals surface area contributed by atoms with Gasteiger partial charge in [-0.25, -0.2) is 5.01 Å². The number of carbonyl (C=O) groups excluding carboxylic acids is 4. The summed E-state index contributed by atoms with van der Waals surface area (Å²) in [6.45, 7) is -0.732. The van der Waals surface area contributed by atoms with Crippen molar-refractivity contribution in [3.63, 3.8) is 0 Å². The molecule has 35 heavy (non-hydrogen) atoms. The van der Waals surface area contributed by atoms with Crippen LogP contribution in [0.25, 0.3) is 0 Å². The molecule has 1 aliphatic carbocycles. The van der Waals surface area contributed by atoms with Crippen LogP contribution in [-0.4, -0.2) is 49.9 Å². The quantitative estimate of drug-likeness (QED) is 0.193. The van der Waals surface area contributed by atoms with E-state index in [0.29, 0.717) is 22.9 Å². The van der Waals surface area contributed by atoms with Crippen molar-refractivity contribution in [2.45, 2.75) is 12.8 Å². The maximum absolute atomic E-state index is 13.4. The van der Waals surface area contributed by atoms with Crippen molar-refractivity contribution >= 4 is 34.9 Å². The van der Waals surface area contributed by atoms with Gasteiger partial charge in [-0.2, -0.15) is 5.01 Å². The molecule has 3 amide bonds. The van der Waals surface area contributed by atoms with Gasteiger partial charge >= 0.3 is 0 Å². The van der Waals surface area contributed by atoms with Crippen LogP contribution < -0.4 is 0 Å². The molecule has 2 aromatic carbocycles. The second kappa shape index (κ2) is 9.25. The van der Waals surface area contributed by atoms with Gasteiger partial charge in [0.1, 0.15) is 6.54 Å². The summed E-state index contributed by atoms with van der Waals surface area (Å²) in [5.74, 6) is -4.27. The van der Waals surface area contributed by atoms with Crippen molar-refractivity contribution in [3.8, 4) is 0 Å². The van der Waals surface area contributed by atoms with Crippen molar-refractivity contribution in [2.75, 3.05) is 6.54 Å². The molecule has 0 unspecified atom stereocenters. The number of carbonyl (C=O) groups is 4. The fraction of sp³-hybridized carbons (Fsp3) is 0.217. The molecule has 0 spiro atoms. The molecule has 12 heteroatoms. The van der Waals surface area contributed by atoms with Crippen molar-refractivity contribution in [1.82, 2.24) is 10.0 Å². The lowest BCUT2D eigenvalue weighted by Gasteiger charge is -2.30. The van der Waals surface area contributed by atoms with Crippen LogP contribution in [0.15, 0.2) is 60.7 Å². The molecular weight excluding hydrogens is 460 g/mol. The Morgan fingerprint density at radius 3 is 1.97 bits per heavy atom. The Hall–Kier alpha value is -4.74. The van der Waals surface area contributed by atoms with Crippen LogP contribution in [0.5, 0.6) is 0 Å². The number of nitro benzene ring substituents is 2. The molecule has 4 rings (SSSR count). The summed E-state index contributed by atoms with van der Waals surface area (Å²) in [5.41, 5.74) is -0.795. The van der Waals surface area contributed by atoms with E-state index >= 15 is 0 Å². The van der Waals surface area contributed by atoms with E-state index in [2.05, 4.69) is 0 Å². The molecule has 2 atom stereocenters. The van der Waals surface area contributed by atoms with Gasteiger partial charge in [-0.15, -0.1) is 0 Å². The second-order valence-corrected chi connectivity index (χ2v) is 8.04. The summed E-state index contributed by atoms with van der Waals surface area (Å²) in [4.78, 5) is 73.4. The number of amides is 3. The molecule has 178 valence electrons. The zero-order valence-electron chi connectivity index (χ0n) is 18.1. The Labute approximate surface area is 197 Å². The number of Topliss-reactive ketones (excluding diaryl/α,β-unsaturated/α-hetero) is 1. The van der Waals surface area contributed by atoms with Crippen molar-refractivity contribution in [3.05, 3.63) is 92.0 Å². The van der Waals surface area contributed by atoms with Gasteiger partial charge in [0.2, 0.25) is 0 Å². The Kier molecular flexibility index (Phi) is 6.19. The first-order valence-corrected chi connectivity index (χ1v) is 10.6. The molecule has 2 aromatic rings. The van der Waals surface area contributed by atoms with Gasteiger partial charge < -0.3 is 0 Å². The Balaban J connectivity index is 1.70. The molecule has 0 aromatic heterocycles. The molecule has 0 saturated carbocycles. The standard InChI is InChI=1S/C23H18N4O8/c28-20(14-8-10-16(11-9-14)26(32)33)13-24(21(29)15-4-3-5-17(12-15)27(34)35)25-22(30)18-6-1-2-7-19(18)23(25)31/h1-5,8-12,18-19H,6-7,13H2/t18-,19+. The number of non-ortho nitro benzene ring substituents is 2. The number of hydrazine groups is 1. The molecule has 0 N–H and O–H groups in total. The Morgan fingerprint density at radius 1 is 0.857 bits per heavy atom. The molecule has 0 bridgehead atoms. The lowest BCUT2D eigenvalue weighted by atomic mass is 9.85. The van der Waals surface area contributed by atoms with Crippen LogP contribution in [0.3, 0.4) is 0 Å². The third-order valence-electron chi connectivity index (χ3n) is 5.96. The van der Waals surface area contributed by atoms with Crippen LogP contribution in [0.4, 0.5) is 11.4 Å². The van der Waals surface area contributed by atoms with Crippen LogP contribution in [0, 0.1) is 32.1 Å². The number of nitro groups is 2. The predicted molar refractivity (Wildman–Crippen MR) is 119 cm³/mol. The zero-order chi connectivity index (χ0) is 25.3. The highest BCUT2D eigenvalue weighted by Crippen LogP contribution is 2.36. The third kappa shape index (κ3) is 4.40. The van der Waals surface area contributed by atoms with E-state index < -0.39 is 51.7 Å². The summed E-state index contributed by atoms with van der Waals surface area (Å²) in [6, 6.07) is 9.36. The zero-order valence-corrected chi connectivity index (χ0v) is 18.1. The second-order valence-electron chi connectivity index (χ2n) is 8.04. The molecule has 2 aliphatic rings. The summed E-state index contributed by atoms with van der Waals surface area (Å²) in [7, 11) is 0. The molecule has 1 fully saturated rings. The first-order chi connectivity index (χ1) is 16.7. The van der Waals surface area contributed by atoms with E-state index in [0.717, 1.165) is 18.2 Å². The number of hydrogen-bond acceptors (Lipinski definition) is 8. The number of hydrogen-bond donors (Lipinski definition) is 0. The number of nitrogens with zero attached hydrogens (tertiary/aromatic N) is 4. The fourth-order valence-corrected chi connectivity index (χ4v) is 4.15. The third-order valence-corrected chi connectivity index (χ3v) is 5.96. The minimum Gasteiger partial charge on any atom is -0.292 e. The lowest BCUT2D eigenvalue weighted by Crippen LogP contribution is -2.52. The van der Waals surface area contributed by atoms with Crippen molar-refractivity contribution in [2.24, 2.45) is 11.8 Å². The molecule has 1 heterocycles. The van der Waals surface area contributed by atoms with Gasteiger partial charge in [0.15, 0.2) is 5.78 Å². The van der Waals surface area contributed by atoms with Gasteiger partial charge in [-0.05, 0) is 31.0 Å². The Bertz CT molecular complexity index is 1260. The maximum atomic E-state index is 13.4. The topological polar surface area (TPSA) is 161 Å². The molecule has 1 aliphatic heterocycles. The predicted octanol–water partition coefficient (Wildman–Crippen LogP) is 2.69. The van der Waals surface area contributed by atoms with Gasteiger partial charge in [-0.1, -0.05) is 18.2 Å². The largest absolute Gasteiger partial charge is 0.292 e. The minimum absolute atomic E-state index is 0.0191. The van der Waals surface area contributed by atoms with Crippen LogP contribution in [0.2, 0.25) is 0 Å². The fourth-order valence-electron chi connectivity index (χ4n) is 4.15.